The topological polar surface area (TPSA) is 79.7 Å². The largest absolute Gasteiger partial charge is 0.465 e. The normalized spacial score (nSPS) is 14.0. The van der Waals surface area contributed by atoms with Gasteiger partial charge in [-0.05, 0) is 29.0 Å². The third-order valence-corrected chi connectivity index (χ3v) is 3.86. The second-order valence-corrected chi connectivity index (χ2v) is 6.65. The number of pyridine rings is 1. The Morgan fingerprint density at radius 2 is 1.95 bits per heavy atom. The molecule has 2 rings (SSSR count). The second kappa shape index (κ2) is 5.59. The van der Waals surface area contributed by atoms with Crippen LogP contribution in [-0.2, 0) is 34.6 Å². The number of ether oxygens (including phenoxy) is 1. The lowest BCUT2D eigenvalue weighted by Crippen LogP contribution is -2.22. The lowest BCUT2D eigenvalue weighted by atomic mass is 9.81. The van der Waals surface area contributed by atoms with Crippen LogP contribution in [0.15, 0.2) is 0 Å². The van der Waals surface area contributed by atoms with Crippen LogP contribution in [0.25, 0.3) is 0 Å². The number of carbonyl (C=O) groups is 2. The summed E-state index contributed by atoms with van der Waals surface area (Å²) < 4.78 is 5.12. The number of nitrogens with zero attached hydrogens (tertiary/aromatic N) is 2. The highest BCUT2D eigenvalue weighted by Crippen LogP contribution is 2.35. The molecule has 120 valence electrons. The monoisotopic (exact) mass is 306 g/mol. The molecule has 1 aromatic heterocycles. The Hall–Kier alpha value is -2.11. The molecule has 1 aliphatic rings. The van der Waals surface area contributed by atoms with E-state index in [2.05, 4.69) is 25.8 Å². The summed E-state index contributed by atoms with van der Waals surface area (Å²) in [6.45, 7) is 10.3. The minimum Gasteiger partial charge on any atom is -0.465 e. The number of hydrogen-bond donors (Lipinski definition) is 1. The number of aromatic nitrogens is 1. The molecule has 0 spiro atoms. The zero-order chi connectivity index (χ0) is 16.7. The first-order valence-electron chi connectivity index (χ1n) is 7.24. The van der Waals surface area contributed by atoms with Crippen LogP contribution < -0.4 is 0 Å². The molecule has 0 saturated heterocycles. The van der Waals surface area contributed by atoms with Gasteiger partial charge < -0.3 is 9.84 Å². The molecule has 1 aliphatic heterocycles. The maximum absolute atomic E-state index is 11.2. The first-order valence-corrected chi connectivity index (χ1v) is 7.24. The van der Waals surface area contributed by atoms with Gasteiger partial charge in [-0.3, -0.25) is 14.7 Å². The molecule has 1 aromatic rings. The van der Waals surface area contributed by atoms with E-state index in [1.54, 1.807) is 0 Å². The number of carboxylic acid groups (broad SMARTS) is 1. The van der Waals surface area contributed by atoms with Gasteiger partial charge in [0.2, 0.25) is 0 Å². The van der Waals surface area contributed by atoms with Gasteiger partial charge in [0.25, 0.3) is 0 Å². The summed E-state index contributed by atoms with van der Waals surface area (Å²) in [6, 6.07) is 0. The minimum absolute atomic E-state index is 0.114. The molecule has 0 aliphatic carbocycles. The van der Waals surface area contributed by atoms with Gasteiger partial charge in [-0.2, -0.15) is 0 Å². The Bertz CT molecular complexity index is 632. The maximum Gasteiger partial charge on any atom is 0.407 e. The zero-order valence-electron chi connectivity index (χ0n) is 13.7. The number of carbonyl (C=O) groups excluding carboxylic acids is 1. The van der Waals surface area contributed by atoms with Gasteiger partial charge in [-0.25, -0.2) is 4.79 Å². The number of amides is 1. The highest BCUT2D eigenvalue weighted by Gasteiger charge is 2.31. The lowest BCUT2D eigenvalue weighted by Gasteiger charge is -2.26. The summed E-state index contributed by atoms with van der Waals surface area (Å²) in [4.78, 5) is 28.2. The van der Waals surface area contributed by atoms with Crippen LogP contribution in [0.3, 0.4) is 0 Å². The van der Waals surface area contributed by atoms with Crippen LogP contribution >= 0.6 is 0 Å². The molecule has 0 bridgehead atoms. The van der Waals surface area contributed by atoms with E-state index in [1.165, 1.54) is 11.8 Å². The van der Waals surface area contributed by atoms with Crippen molar-refractivity contribution in [3.8, 4) is 0 Å². The fraction of sp³-hybridized carbons (Fsp3) is 0.562. The van der Waals surface area contributed by atoms with Gasteiger partial charge in [0, 0.05) is 6.92 Å². The van der Waals surface area contributed by atoms with E-state index in [1.807, 2.05) is 6.92 Å². The molecule has 22 heavy (non-hydrogen) atoms. The van der Waals surface area contributed by atoms with Crippen LogP contribution in [0.2, 0.25) is 0 Å². The van der Waals surface area contributed by atoms with Crippen LogP contribution in [0.1, 0.15) is 55.8 Å². The van der Waals surface area contributed by atoms with Crippen LogP contribution in [0.5, 0.6) is 0 Å². The van der Waals surface area contributed by atoms with Gasteiger partial charge in [-0.1, -0.05) is 20.8 Å². The van der Waals surface area contributed by atoms with E-state index in [9.17, 15) is 14.7 Å². The van der Waals surface area contributed by atoms with E-state index in [4.69, 9.17) is 4.74 Å². The Balaban J connectivity index is 2.51. The van der Waals surface area contributed by atoms with Crippen molar-refractivity contribution in [1.29, 1.82) is 0 Å². The van der Waals surface area contributed by atoms with Gasteiger partial charge in [0.15, 0.2) is 0 Å². The van der Waals surface area contributed by atoms with Crippen molar-refractivity contribution in [2.45, 2.75) is 59.7 Å². The summed E-state index contributed by atoms with van der Waals surface area (Å²) in [7, 11) is 0. The summed E-state index contributed by atoms with van der Waals surface area (Å²) in [6.07, 6.45) is -0.948. The second-order valence-electron chi connectivity index (χ2n) is 6.65. The molecule has 0 saturated carbocycles. The molecule has 0 aromatic carbocycles. The van der Waals surface area contributed by atoms with Crippen molar-refractivity contribution >= 4 is 12.1 Å². The Labute approximate surface area is 130 Å². The molecule has 0 fully saturated rings. The molecule has 0 unspecified atom stereocenters. The number of esters is 1. The smallest absolute Gasteiger partial charge is 0.407 e. The molecule has 1 amide bonds. The van der Waals surface area contributed by atoms with Crippen LogP contribution in [0.4, 0.5) is 4.79 Å². The molecule has 0 radical (unpaired) electrons. The summed E-state index contributed by atoms with van der Waals surface area (Å²) in [5.41, 5.74) is 4.35. The quantitative estimate of drug-likeness (QED) is 0.850. The number of hydrogen-bond acceptors (Lipinski definition) is 4. The molecule has 6 heteroatoms. The average Bonchev–Trinajstić information content (AvgIpc) is 2.79. The SMILES string of the molecule is CC(=O)OCc1nc2c(c(C)c1C(C)(C)C)CN(C(=O)O)C2. The molecule has 0 atom stereocenters. The maximum atomic E-state index is 11.2. The molecular formula is C16H22N2O4. The van der Waals surface area contributed by atoms with Crippen molar-refractivity contribution in [2.75, 3.05) is 0 Å². The van der Waals surface area contributed by atoms with E-state index in [0.717, 1.165) is 22.4 Å². The fourth-order valence-electron chi connectivity index (χ4n) is 3.04. The predicted octanol–water partition coefficient (Wildman–Crippen LogP) is 2.74. The highest BCUT2D eigenvalue weighted by molar-refractivity contribution is 5.67. The van der Waals surface area contributed by atoms with Crippen molar-refractivity contribution < 1.29 is 19.4 Å². The minimum atomic E-state index is -0.948. The van der Waals surface area contributed by atoms with Crippen LogP contribution in [0, 0.1) is 6.92 Å². The van der Waals surface area contributed by atoms with Crippen molar-refractivity contribution in [1.82, 2.24) is 9.88 Å². The first kappa shape index (κ1) is 16.3. The fourth-order valence-corrected chi connectivity index (χ4v) is 3.04. The molecule has 2 heterocycles. The van der Waals surface area contributed by atoms with Gasteiger partial charge in [-0.15, -0.1) is 0 Å². The van der Waals surface area contributed by atoms with Gasteiger partial charge in [0.05, 0.1) is 24.5 Å². The molecular weight excluding hydrogens is 284 g/mol. The summed E-state index contributed by atoms with van der Waals surface area (Å²) in [5, 5.41) is 9.18. The zero-order valence-corrected chi connectivity index (χ0v) is 13.7. The molecule has 1 N–H and O–H groups in total. The van der Waals surface area contributed by atoms with Crippen LogP contribution in [-0.4, -0.2) is 27.1 Å². The Kier molecular flexibility index (Phi) is 4.13. The number of fused-ring (bicyclic) bond motifs is 1. The third-order valence-electron chi connectivity index (χ3n) is 3.86. The standard InChI is InChI=1S/C16H22N2O4/c1-9-11-6-18(15(20)21)7-12(11)17-13(8-22-10(2)19)14(9)16(3,4)5/h6-8H2,1-5H3,(H,20,21). The van der Waals surface area contributed by atoms with E-state index in [0.29, 0.717) is 12.2 Å². The predicted molar refractivity (Wildman–Crippen MR) is 80.4 cm³/mol. The van der Waals surface area contributed by atoms with Gasteiger partial charge >= 0.3 is 12.1 Å². The summed E-state index contributed by atoms with van der Waals surface area (Å²) >= 11 is 0. The lowest BCUT2D eigenvalue weighted by molar-refractivity contribution is -0.142. The Morgan fingerprint density at radius 1 is 1.32 bits per heavy atom. The molecule has 6 nitrogen and oxygen atoms in total. The first-order chi connectivity index (χ1) is 10.1. The average molecular weight is 306 g/mol. The summed E-state index contributed by atoms with van der Waals surface area (Å²) in [5.74, 6) is -0.355. The third kappa shape index (κ3) is 3.05. The van der Waals surface area contributed by atoms with E-state index < -0.39 is 6.09 Å². The van der Waals surface area contributed by atoms with Crippen molar-refractivity contribution in [3.05, 3.63) is 28.1 Å². The Morgan fingerprint density at radius 3 is 2.45 bits per heavy atom. The van der Waals surface area contributed by atoms with Gasteiger partial charge in [0.1, 0.15) is 6.61 Å². The van der Waals surface area contributed by atoms with E-state index >= 15 is 0 Å². The van der Waals surface area contributed by atoms with Crippen molar-refractivity contribution in [2.24, 2.45) is 0 Å². The van der Waals surface area contributed by atoms with Crippen molar-refractivity contribution in [3.63, 3.8) is 0 Å². The van der Waals surface area contributed by atoms with E-state index in [-0.39, 0.29) is 24.5 Å². The number of rotatable bonds is 2. The highest BCUT2D eigenvalue weighted by atomic mass is 16.5.